The van der Waals surface area contributed by atoms with Gasteiger partial charge in [0, 0.05) is 32.6 Å². The number of hydrogen-bond acceptors (Lipinski definition) is 1. The number of halogens is 2. The summed E-state index contributed by atoms with van der Waals surface area (Å²) in [5.74, 6) is -0.147. The van der Waals surface area contributed by atoms with Crippen molar-refractivity contribution in [2.24, 2.45) is 0 Å². The van der Waals surface area contributed by atoms with E-state index >= 15 is 0 Å². The predicted octanol–water partition coefficient (Wildman–Crippen LogP) is 7.32. The van der Waals surface area contributed by atoms with Crippen molar-refractivity contribution in [1.29, 1.82) is 0 Å². The van der Waals surface area contributed by atoms with Gasteiger partial charge in [-0.2, -0.15) is 0 Å². The first-order chi connectivity index (χ1) is 14.1. The number of fused-ring (bicyclic) bond motifs is 3. The highest BCUT2D eigenvalue weighted by Crippen LogP contribution is 2.32. The number of carbonyl (C=O) groups is 1. The molecule has 0 fully saturated rings. The lowest BCUT2D eigenvalue weighted by molar-refractivity contribution is 0.103. The molecule has 0 amide bonds. The van der Waals surface area contributed by atoms with E-state index in [9.17, 15) is 4.79 Å². The van der Waals surface area contributed by atoms with Crippen LogP contribution < -0.4 is 0 Å². The zero-order valence-electron chi connectivity index (χ0n) is 15.3. The van der Waals surface area contributed by atoms with Crippen LogP contribution in [-0.4, -0.2) is 10.4 Å². The molecule has 0 saturated heterocycles. The van der Waals surface area contributed by atoms with Crippen molar-refractivity contribution in [1.82, 2.24) is 4.57 Å². The normalized spacial score (nSPS) is 11.2. The van der Waals surface area contributed by atoms with Crippen molar-refractivity contribution in [3.8, 4) is 5.69 Å². The van der Waals surface area contributed by atoms with Gasteiger partial charge in [0.05, 0.1) is 16.1 Å². The zero-order valence-corrected chi connectivity index (χ0v) is 16.8. The van der Waals surface area contributed by atoms with Crippen LogP contribution in [0.5, 0.6) is 0 Å². The van der Waals surface area contributed by atoms with Gasteiger partial charge in [0.2, 0.25) is 0 Å². The molecule has 0 spiro atoms. The van der Waals surface area contributed by atoms with Crippen LogP contribution in [-0.2, 0) is 0 Å². The van der Waals surface area contributed by atoms with E-state index in [0.29, 0.717) is 21.2 Å². The third kappa shape index (κ3) is 3.02. The number of nitrogens with zero attached hydrogens (tertiary/aromatic N) is 1. The summed E-state index contributed by atoms with van der Waals surface area (Å²) in [6.07, 6.45) is 0. The first kappa shape index (κ1) is 18.0. The number of carbonyl (C=O) groups excluding carboxylic acids is 1. The summed E-state index contributed by atoms with van der Waals surface area (Å²) in [5.41, 5.74) is 4.23. The quantitative estimate of drug-likeness (QED) is 0.283. The van der Waals surface area contributed by atoms with Gasteiger partial charge < -0.3 is 4.57 Å². The van der Waals surface area contributed by atoms with Crippen LogP contribution in [0.15, 0.2) is 91.0 Å². The topological polar surface area (TPSA) is 22.0 Å². The van der Waals surface area contributed by atoms with Gasteiger partial charge in [-0.25, -0.2) is 0 Å². The van der Waals surface area contributed by atoms with Gasteiger partial charge >= 0.3 is 0 Å². The van der Waals surface area contributed by atoms with E-state index in [4.69, 9.17) is 23.2 Å². The largest absolute Gasteiger partial charge is 0.309 e. The van der Waals surface area contributed by atoms with Crippen LogP contribution in [0.3, 0.4) is 0 Å². The van der Waals surface area contributed by atoms with Gasteiger partial charge in [0.15, 0.2) is 5.78 Å². The Balaban J connectivity index is 1.62. The standard InChI is InChI=1S/C25H15Cl2NO/c26-17-11-14-22(27)21(15-17)25(29)16-9-12-18(13-10-16)28-23-7-3-1-5-19(23)20-6-2-4-8-24(20)28/h1-15H. The molecule has 1 heterocycles. The molecular formula is C25H15Cl2NO. The smallest absolute Gasteiger partial charge is 0.194 e. The fraction of sp³-hybridized carbons (Fsp3) is 0. The fourth-order valence-corrected chi connectivity index (χ4v) is 4.17. The van der Waals surface area contributed by atoms with Crippen molar-refractivity contribution < 1.29 is 4.79 Å². The molecule has 4 heteroatoms. The maximum atomic E-state index is 12.9. The fourth-order valence-electron chi connectivity index (χ4n) is 3.79. The number of ketones is 1. The molecule has 5 aromatic rings. The molecule has 29 heavy (non-hydrogen) atoms. The van der Waals surface area contributed by atoms with Gasteiger partial charge in [0.25, 0.3) is 0 Å². The third-order valence-corrected chi connectivity index (χ3v) is 5.71. The Bertz CT molecular complexity index is 1330. The minimum Gasteiger partial charge on any atom is -0.309 e. The van der Waals surface area contributed by atoms with E-state index in [0.717, 1.165) is 16.7 Å². The van der Waals surface area contributed by atoms with Crippen LogP contribution in [0.2, 0.25) is 10.0 Å². The van der Waals surface area contributed by atoms with Crippen LogP contribution in [0.25, 0.3) is 27.5 Å². The zero-order chi connectivity index (χ0) is 20.0. The molecular weight excluding hydrogens is 401 g/mol. The molecule has 140 valence electrons. The summed E-state index contributed by atoms with van der Waals surface area (Å²) in [6, 6.07) is 29.2. The second-order valence-corrected chi connectivity index (χ2v) is 7.71. The predicted molar refractivity (Wildman–Crippen MR) is 121 cm³/mol. The van der Waals surface area contributed by atoms with Gasteiger partial charge in [-0.3, -0.25) is 4.79 Å². The highest BCUT2D eigenvalue weighted by atomic mass is 35.5. The Labute approximate surface area is 177 Å². The lowest BCUT2D eigenvalue weighted by Crippen LogP contribution is -2.03. The molecule has 0 N–H and O–H groups in total. The maximum absolute atomic E-state index is 12.9. The van der Waals surface area contributed by atoms with E-state index < -0.39 is 0 Å². The minimum atomic E-state index is -0.147. The van der Waals surface area contributed by atoms with E-state index in [1.807, 2.05) is 36.4 Å². The molecule has 1 aromatic heterocycles. The van der Waals surface area contributed by atoms with E-state index in [1.54, 1.807) is 18.2 Å². The molecule has 0 aliphatic rings. The number of para-hydroxylation sites is 2. The van der Waals surface area contributed by atoms with E-state index in [1.165, 1.54) is 10.8 Å². The molecule has 0 aliphatic heterocycles. The first-order valence-corrected chi connectivity index (χ1v) is 9.97. The number of rotatable bonds is 3. The van der Waals surface area contributed by atoms with Crippen LogP contribution in [0.4, 0.5) is 0 Å². The van der Waals surface area contributed by atoms with E-state index in [-0.39, 0.29) is 5.78 Å². The van der Waals surface area contributed by atoms with Crippen molar-refractivity contribution in [3.63, 3.8) is 0 Å². The van der Waals surface area contributed by atoms with Crippen LogP contribution in [0.1, 0.15) is 15.9 Å². The van der Waals surface area contributed by atoms with Crippen molar-refractivity contribution >= 4 is 50.8 Å². The molecule has 0 saturated carbocycles. The lowest BCUT2D eigenvalue weighted by Gasteiger charge is -2.09. The molecule has 4 aromatic carbocycles. The Morgan fingerprint density at radius 2 is 1.28 bits per heavy atom. The second-order valence-electron chi connectivity index (χ2n) is 6.87. The lowest BCUT2D eigenvalue weighted by atomic mass is 10.0. The van der Waals surface area contributed by atoms with Gasteiger partial charge in [-0.05, 0) is 54.6 Å². The summed E-state index contributed by atoms with van der Waals surface area (Å²) < 4.78 is 2.21. The van der Waals surface area contributed by atoms with Crippen molar-refractivity contribution in [2.75, 3.05) is 0 Å². The van der Waals surface area contributed by atoms with Gasteiger partial charge in [0.1, 0.15) is 0 Å². The molecule has 0 atom stereocenters. The summed E-state index contributed by atoms with van der Waals surface area (Å²) in [5, 5.41) is 3.29. The van der Waals surface area contributed by atoms with Crippen molar-refractivity contribution in [2.45, 2.75) is 0 Å². The Kier molecular flexibility index (Phi) is 4.39. The number of benzene rings is 4. The molecule has 0 unspecified atom stereocenters. The SMILES string of the molecule is O=C(c1ccc(-n2c3ccccc3c3ccccc32)cc1)c1cc(Cl)ccc1Cl. The molecule has 0 radical (unpaired) electrons. The average Bonchev–Trinajstić information content (AvgIpc) is 3.10. The van der Waals surface area contributed by atoms with E-state index in [2.05, 4.69) is 41.0 Å². The van der Waals surface area contributed by atoms with Crippen molar-refractivity contribution in [3.05, 3.63) is 112 Å². The summed E-state index contributed by atoms with van der Waals surface area (Å²) >= 11 is 12.2. The molecule has 5 rings (SSSR count). The number of hydrogen-bond donors (Lipinski definition) is 0. The second kappa shape index (κ2) is 7.07. The van der Waals surface area contributed by atoms with Crippen LogP contribution in [0, 0.1) is 0 Å². The highest BCUT2D eigenvalue weighted by molar-refractivity contribution is 6.36. The minimum absolute atomic E-state index is 0.147. The van der Waals surface area contributed by atoms with Gasteiger partial charge in [-0.1, -0.05) is 59.6 Å². The summed E-state index contributed by atoms with van der Waals surface area (Å²) in [7, 11) is 0. The summed E-state index contributed by atoms with van der Waals surface area (Å²) in [4.78, 5) is 12.9. The number of aromatic nitrogens is 1. The maximum Gasteiger partial charge on any atom is 0.194 e. The van der Waals surface area contributed by atoms with Gasteiger partial charge in [-0.15, -0.1) is 0 Å². The average molecular weight is 416 g/mol. The summed E-state index contributed by atoms with van der Waals surface area (Å²) in [6.45, 7) is 0. The Hall–Kier alpha value is -3.07. The Morgan fingerprint density at radius 1 is 0.690 bits per heavy atom. The Morgan fingerprint density at radius 3 is 1.90 bits per heavy atom. The third-order valence-electron chi connectivity index (χ3n) is 5.14. The van der Waals surface area contributed by atoms with Crippen LogP contribution >= 0.6 is 23.2 Å². The monoisotopic (exact) mass is 415 g/mol. The molecule has 0 aliphatic carbocycles. The highest BCUT2D eigenvalue weighted by Gasteiger charge is 2.15. The molecule has 2 nitrogen and oxygen atoms in total. The first-order valence-electron chi connectivity index (χ1n) is 9.22. The molecule has 0 bridgehead atoms.